The molecule has 0 unspecified atom stereocenters. The minimum Gasteiger partial charge on any atom is -0.340 e. The number of benzene rings is 1. The molecule has 0 radical (unpaired) electrons. The molecule has 2 aromatic rings. The van der Waals surface area contributed by atoms with E-state index in [1.54, 1.807) is 23.2 Å². The van der Waals surface area contributed by atoms with Crippen molar-refractivity contribution in [2.75, 3.05) is 20.1 Å². The first-order chi connectivity index (χ1) is 12.1. The van der Waals surface area contributed by atoms with E-state index in [0.717, 1.165) is 37.2 Å². The number of rotatable bonds is 5. The molecule has 132 valence electrons. The minimum atomic E-state index is -0.211. The van der Waals surface area contributed by atoms with Gasteiger partial charge in [-0.05, 0) is 49.2 Å². The van der Waals surface area contributed by atoms with Gasteiger partial charge in [0, 0.05) is 26.3 Å². The number of halogens is 1. The van der Waals surface area contributed by atoms with Crippen molar-refractivity contribution in [3.8, 4) is 0 Å². The summed E-state index contributed by atoms with van der Waals surface area (Å²) in [4.78, 5) is 21.1. The first kappa shape index (κ1) is 17.5. The largest absolute Gasteiger partial charge is 0.340 e. The van der Waals surface area contributed by atoms with Crippen molar-refractivity contribution >= 4 is 5.91 Å². The highest BCUT2D eigenvalue weighted by atomic mass is 19.1. The van der Waals surface area contributed by atoms with Crippen LogP contribution in [0.5, 0.6) is 0 Å². The number of pyridine rings is 1. The Morgan fingerprint density at radius 3 is 2.96 bits per heavy atom. The van der Waals surface area contributed by atoms with Crippen molar-refractivity contribution < 1.29 is 9.18 Å². The molecule has 0 saturated carbocycles. The van der Waals surface area contributed by atoms with Gasteiger partial charge in [-0.15, -0.1) is 0 Å². The molecule has 4 nitrogen and oxygen atoms in total. The van der Waals surface area contributed by atoms with E-state index in [2.05, 4.69) is 9.88 Å². The molecule has 0 bridgehead atoms. The van der Waals surface area contributed by atoms with E-state index in [4.69, 9.17) is 0 Å². The summed E-state index contributed by atoms with van der Waals surface area (Å²) in [6, 6.07) is 12.4. The van der Waals surface area contributed by atoms with Crippen molar-refractivity contribution in [2.24, 2.45) is 5.92 Å². The van der Waals surface area contributed by atoms with Gasteiger partial charge in [-0.1, -0.05) is 18.2 Å². The van der Waals surface area contributed by atoms with Crippen LogP contribution in [0.4, 0.5) is 4.39 Å². The van der Waals surface area contributed by atoms with Crippen molar-refractivity contribution in [3.63, 3.8) is 0 Å². The van der Waals surface area contributed by atoms with E-state index in [1.807, 2.05) is 31.3 Å². The van der Waals surface area contributed by atoms with Gasteiger partial charge in [-0.25, -0.2) is 4.39 Å². The van der Waals surface area contributed by atoms with Gasteiger partial charge in [0.05, 0.1) is 18.2 Å². The highest BCUT2D eigenvalue weighted by molar-refractivity contribution is 5.78. The lowest BCUT2D eigenvalue weighted by Gasteiger charge is -2.34. The zero-order valence-electron chi connectivity index (χ0n) is 14.6. The summed E-state index contributed by atoms with van der Waals surface area (Å²) in [7, 11) is 1.84. The number of amides is 1. The van der Waals surface area contributed by atoms with Crippen LogP contribution in [0.1, 0.15) is 24.1 Å². The monoisotopic (exact) mass is 341 g/mol. The minimum absolute atomic E-state index is 0.00368. The quantitative estimate of drug-likeness (QED) is 0.838. The average molecular weight is 341 g/mol. The van der Waals surface area contributed by atoms with Crippen LogP contribution in [0.25, 0.3) is 0 Å². The number of likely N-dealkylation sites (tertiary alicyclic amines) is 1. The summed E-state index contributed by atoms with van der Waals surface area (Å²) >= 11 is 0. The number of piperidine rings is 1. The Kier molecular flexibility index (Phi) is 5.76. The maximum absolute atomic E-state index is 13.4. The number of carbonyl (C=O) groups excluding carboxylic acids is 1. The second-order valence-corrected chi connectivity index (χ2v) is 6.72. The van der Waals surface area contributed by atoms with Gasteiger partial charge in [0.2, 0.25) is 5.91 Å². The number of hydrogen-bond donors (Lipinski definition) is 0. The molecule has 0 aliphatic carbocycles. The Morgan fingerprint density at radius 2 is 2.20 bits per heavy atom. The maximum atomic E-state index is 13.4. The van der Waals surface area contributed by atoms with Gasteiger partial charge in [0.15, 0.2) is 0 Å². The van der Waals surface area contributed by atoms with Gasteiger partial charge < -0.3 is 4.90 Å². The molecule has 5 heteroatoms. The van der Waals surface area contributed by atoms with Crippen LogP contribution < -0.4 is 0 Å². The number of hydrogen-bond acceptors (Lipinski definition) is 3. The normalized spacial score (nSPS) is 18.1. The SMILES string of the molecule is CN(Cc1ccccn1)C(=O)[C@H]1CCCN(Cc2cccc(F)c2)C1. The Balaban J connectivity index is 1.57. The molecular weight excluding hydrogens is 317 g/mol. The topological polar surface area (TPSA) is 36.4 Å². The number of aromatic nitrogens is 1. The Labute approximate surface area is 148 Å². The molecule has 1 aromatic heterocycles. The van der Waals surface area contributed by atoms with Gasteiger partial charge >= 0.3 is 0 Å². The first-order valence-corrected chi connectivity index (χ1v) is 8.73. The van der Waals surface area contributed by atoms with Crippen molar-refractivity contribution in [2.45, 2.75) is 25.9 Å². The summed E-state index contributed by atoms with van der Waals surface area (Å²) in [5.41, 5.74) is 1.85. The van der Waals surface area contributed by atoms with Crippen LogP contribution in [-0.2, 0) is 17.9 Å². The Morgan fingerprint density at radius 1 is 1.32 bits per heavy atom. The fraction of sp³-hybridized carbons (Fsp3) is 0.400. The van der Waals surface area contributed by atoms with Gasteiger partial charge in [0.1, 0.15) is 5.82 Å². The van der Waals surface area contributed by atoms with Gasteiger partial charge in [-0.3, -0.25) is 14.7 Å². The molecule has 1 saturated heterocycles. The third-order valence-electron chi connectivity index (χ3n) is 4.65. The van der Waals surface area contributed by atoms with Crippen LogP contribution in [0.3, 0.4) is 0 Å². The number of nitrogens with zero attached hydrogens (tertiary/aromatic N) is 3. The summed E-state index contributed by atoms with van der Waals surface area (Å²) < 4.78 is 13.4. The highest BCUT2D eigenvalue weighted by Crippen LogP contribution is 2.21. The van der Waals surface area contributed by atoms with Crippen molar-refractivity contribution in [1.82, 2.24) is 14.8 Å². The average Bonchev–Trinajstić information content (AvgIpc) is 2.62. The molecule has 3 rings (SSSR count). The van der Waals surface area contributed by atoms with Crippen LogP contribution in [0.15, 0.2) is 48.7 Å². The first-order valence-electron chi connectivity index (χ1n) is 8.73. The zero-order valence-corrected chi connectivity index (χ0v) is 14.6. The molecule has 25 heavy (non-hydrogen) atoms. The lowest BCUT2D eigenvalue weighted by molar-refractivity contribution is -0.136. The summed E-state index contributed by atoms with van der Waals surface area (Å²) in [5, 5.41) is 0. The maximum Gasteiger partial charge on any atom is 0.227 e. The third kappa shape index (κ3) is 4.86. The zero-order chi connectivity index (χ0) is 17.6. The van der Waals surface area contributed by atoms with Crippen LogP contribution >= 0.6 is 0 Å². The summed E-state index contributed by atoms with van der Waals surface area (Å²) in [6.45, 7) is 2.89. The van der Waals surface area contributed by atoms with Gasteiger partial charge in [0.25, 0.3) is 0 Å². The molecular formula is C20H24FN3O. The lowest BCUT2D eigenvalue weighted by atomic mass is 9.96. The highest BCUT2D eigenvalue weighted by Gasteiger charge is 2.28. The van der Waals surface area contributed by atoms with E-state index in [1.165, 1.54) is 6.07 Å². The second-order valence-electron chi connectivity index (χ2n) is 6.72. The molecule has 1 aliphatic heterocycles. The predicted octanol–water partition coefficient (Wildman–Crippen LogP) is 3.09. The summed E-state index contributed by atoms with van der Waals surface area (Å²) in [6.07, 6.45) is 3.64. The molecule has 2 heterocycles. The second kappa shape index (κ2) is 8.21. The standard InChI is InChI=1S/C20H24FN3O/c1-23(15-19-9-2-3-10-22-19)20(25)17-7-5-11-24(14-17)13-16-6-4-8-18(21)12-16/h2-4,6,8-10,12,17H,5,7,11,13-15H2,1H3/t17-/m0/s1. The third-order valence-corrected chi connectivity index (χ3v) is 4.65. The number of carbonyl (C=O) groups is 1. The van der Waals surface area contributed by atoms with Crippen molar-refractivity contribution in [3.05, 3.63) is 65.7 Å². The molecule has 1 aliphatic rings. The Hall–Kier alpha value is -2.27. The summed E-state index contributed by atoms with van der Waals surface area (Å²) in [5.74, 6) is -0.0529. The van der Waals surface area contributed by atoms with Crippen LogP contribution in [0, 0.1) is 11.7 Å². The molecule has 1 aromatic carbocycles. The molecule has 1 fully saturated rings. The smallest absolute Gasteiger partial charge is 0.227 e. The molecule has 1 atom stereocenters. The van der Waals surface area contributed by atoms with Crippen LogP contribution in [0.2, 0.25) is 0 Å². The van der Waals surface area contributed by atoms with E-state index in [9.17, 15) is 9.18 Å². The van der Waals surface area contributed by atoms with Crippen molar-refractivity contribution in [1.29, 1.82) is 0 Å². The fourth-order valence-electron chi connectivity index (χ4n) is 3.42. The molecule has 0 spiro atoms. The molecule has 0 N–H and O–H groups in total. The van der Waals surface area contributed by atoms with Gasteiger partial charge in [-0.2, -0.15) is 0 Å². The molecule has 1 amide bonds. The predicted molar refractivity (Wildman–Crippen MR) is 95.1 cm³/mol. The fourth-order valence-corrected chi connectivity index (χ4v) is 3.42. The Bertz CT molecular complexity index is 707. The van der Waals surface area contributed by atoms with E-state index in [-0.39, 0.29) is 17.6 Å². The van der Waals surface area contributed by atoms with E-state index in [0.29, 0.717) is 13.1 Å². The van der Waals surface area contributed by atoms with Crippen LogP contribution in [-0.4, -0.2) is 40.8 Å². The lowest BCUT2D eigenvalue weighted by Crippen LogP contribution is -2.43. The van der Waals surface area contributed by atoms with E-state index < -0.39 is 0 Å². The van der Waals surface area contributed by atoms with E-state index >= 15 is 0 Å².